The van der Waals surface area contributed by atoms with E-state index in [2.05, 4.69) is 42.5 Å². The Balaban J connectivity index is 1.25. The number of carbonyl (C=O) groups is 16. The van der Waals surface area contributed by atoms with Gasteiger partial charge in [-0.2, -0.15) is 0 Å². The maximum Gasteiger partial charge on any atom is 0.317 e. The van der Waals surface area contributed by atoms with Crippen molar-refractivity contribution in [3.63, 3.8) is 0 Å². The molecule has 0 aromatic heterocycles. The van der Waals surface area contributed by atoms with Crippen LogP contribution in [0.4, 0.5) is 0 Å². The third-order valence-electron chi connectivity index (χ3n) is 16.7. The summed E-state index contributed by atoms with van der Waals surface area (Å²) < 4.78 is 0. The van der Waals surface area contributed by atoms with Crippen LogP contribution < -0.4 is 42.5 Å². The van der Waals surface area contributed by atoms with Gasteiger partial charge in [0.25, 0.3) is 0 Å². The van der Waals surface area contributed by atoms with Crippen molar-refractivity contribution in [3.05, 3.63) is 142 Å². The Morgan fingerprint density at radius 3 is 0.366 bits per heavy atom. The van der Waals surface area contributed by atoms with Crippen LogP contribution in [0, 0.1) is 0 Å². The molecule has 0 radical (unpaired) electrons. The molecule has 608 valence electrons. The Morgan fingerprint density at radius 1 is 0.196 bits per heavy atom. The predicted octanol–water partition coefficient (Wildman–Crippen LogP) is -5.18. The van der Waals surface area contributed by atoms with E-state index in [1.807, 2.05) is 0 Å². The minimum atomic E-state index is -1.28. The number of hydrogen-bond acceptors (Lipinski definition) is 24. The molecule has 112 heavy (non-hydrogen) atoms. The minimum absolute atomic E-state index is 0.00735. The molecule has 4 aromatic carbocycles. The quantitative estimate of drug-likeness (QED) is 0.0499. The fourth-order valence-electron chi connectivity index (χ4n) is 11.2. The van der Waals surface area contributed by atoms with Gasteiger partial charge in [-0.25, -0.2) is 0 Å². The lowest BCUT2D eigenvalue weighted by Crippen LogP contribution is -2.46. The van der Waals surface area contributed by atoms with Crippen LogP contribution in [0.5, 0.6) is 0 Å². The second kappa shape index (κ2) is 48.6. The van der Waals surface area contributed by atoms with Crippen molar-refractivity contribution in [2.24, 2.45) is 0 Å². The molecule has 0 spiro atoms. The van der Waals surface area contributed by atoms with Crippen LogP contribution in [-0.2, 0) is 129 Å². The van der Waals surface area contributed by atoms with Gasteiger partial charge in [-0.05, 0) is 44.5 Å². The summed E-state index contributed by atoms with van der Waals surface area (Å²) in [5.74, 6) is -14.9. The summed E-state index contributed by atoms with van der Waals surface area (Å²) in [6.45, 7) is -9.43. The van der Waals surface area contributed by atoms with E-state index in [1.165, 1.54) is 39.2 Å². The molecular weight excluding hydrogens is 1470 g/mol. The highest BCUT2D eigenvalue weighted by Crippen LogP contribution is 2.11. The number of carbonyl (C=O) groups excluding carboxylic acids is 8. The van der Waals surface area contributed by atoms with E-state index in [0.29, 0.717) is 44.5 Å². The molecule has 0 aliphatic carbocycles. The number of carboxylic acids is 8. The number of aliphatic carboxylic acids is 8. The van der Waals surface area contributed by atoms with Crippen LogP contribution in [0.25, 0.3) is 0 Å². The molecule has 7 aliphatic rings. The zero-order valence-electron chi connectivity index (χ0n) is 61.6. The van der Waals surface area contributed by atoms with Crippen LogP contribution in [0.15, 0.2) is 97.1 Å². The number of carboxylic acid groups (broad SMARTS) is 8. The summed E-state index contributed by atoms with van der Waals surface area (Å²) in [5, 5.41) is 98.9. The number of benzene rings is 4. The van der Waals surface area contributed by atoms with Crippen molar-refractivity contribution < 1.29 is 118 Å². The van der Waals surface area contributed by atoms with Crippen molar-refractivity contribution in [2.75, 3.05) is 157 Å². The van der Waals surface area contributed by atoms with Gasteiger partial charge in [0.05, 0.1) is 105 Å². The van der Waals surface area contributed by atoms with Crippen molar-refractivity contribution in [1.82, 2.24) is 81.7 Å². The van der Waals surface area contributed by atoms with E-state index in [-0.39, 0.29) is 105 Å². The van der Waals surface area contributed by atoms with E-state index in [4.69, 9.17) is 0 Å². The number of amides is 8. The third kappa shape index (κ3) is 40.0. The molecule has 0 unspecified atom stereocenters. The summed E-state index contributed by atoms with van der Waals surface area (Å²) in [6.07, 6.45) is 0. The smallest absolute Gasteiger partial charge is 0.317 e. The number of nitrogens with zero attached hydrogens (tertiary/aromatic N) is 8. The van der Waals surface area contributed by atoms with Gasteiger partial charge in [0.15, 0.2) is 0 Å². The van der Waals surface area contributed by atoms with Gasteiger partial charge in [0.1, 0.15) is 0 Å². The normalized spacial score (nSPS) is 17.7. The Labute approximate surface area is 643 Å². The van der Waals surface area contributed by atoms with Crippen molar-refractivity contribution >= 4 is 95.0 Å². The first-order chi connectivity index (χ1) is 53.3. The van der Waals surface area contributed by atoms with Crippen LogP contribution in [0.2, 0.25) is 0 Å². The largest absolute Gasteiger partial charge is 0.480 e. The van der Waals surface area contributed by atoms with Crippen molar-refractivity contribution in [3.8, 4) is 0 Å². The molecule has 11 rings (SSSR count). The molecule has 0 atom stereocenters. The molecule has 8 bridgehead atoms. The predicted molar refractivity (Wildman–Crippen MR) is 393 cm³/mol. The molecule has 40 nitrogen and oxygen atoms in total. The van der Waals surface area contributed by atoms with Crippen molar-refractivity contribution in [1.29, 1.82) is 0 Å². The highest BCUT2D eigenvalue weighted by Gasteiger charge is 2.25. The Morgan fingerprint density at radius 2 is 0.286 bits per heavy atom. The second-order valence-corrected chi connectivity index (χ2v) is 26.3. The van der Waals surface area contributed by atoms with E-state index in [9.17, 15) is 118 Å². The van der Waals surface area contributed by atoms with E-state index >= 15 is 0 Å². The molecule has 0 saturated carbocycles. The van der Waals surface area contributed by atoms with Crippen LogP contribution >= 0.6 is 0 Å². The van der Waals surface area contributed by atoms with Crippen LogP contribution in [-0.4, -0.2) is 332 Å². The zero-order valence-corrected chi connectivity index (χ0v) is 61.6. The molecule has 7 aliphatic heterocycles. The van der Waals surface area contributed by atoms with E-state index in [0.717, 1.165) is 0 Å². The highest BCUT2D eigenvalue weighted by molar-refractivity contribution is 5.83. The molecule has 0 fully saturated rings. The first-order valence-electron chi connectivity index (χ1n) is 35.2. The van der Waals surface area contributed by atoms with Gasteiger partial charge in [0.2, 0.25) is 47.3 Å². The maximum absolute atomic E-state index is 13.2. The van der Waals surface area contributed by atoms with Crippen LogP contribution in [0.1, 0.15) is 44.5 Å². The van der Waals surface area contributed by atoms with Gasteiger partial charge in [0, 0.05) is 105 Å². The molecule has 40 heteroatoms. The first-order valence-corrected chi connectivity index (χ1v) is 35.2. The lowest BCUT2D eigenvalue weighted by molar-refractivity contribution is -0.141. The standard InChI is InChI=1S/C72H96N16O24/c89-57-33-81(41-65(97)98)17-18-83(43-67(101)102)35-59(91)75-27-51-5-7-53(8-6-51)29-77-61(93)37-85(45-69(105)106)21-22-87(47-71(109)110)39-63(95)79-31-55-13-15-56(16-14-55)32-80-64(96)40-88(48-72(111)112)24-23-86(46-70(107)108)38-62(94)78-30-54-11-9-52(10-12-54)28-76-60(92)36-84(44-68(103)104)20-19-82(42-66(99)100)34-58(90)74-26-50-2-1-49(3-4-50)25-73-57/h1-16H,17-48H2,(H,73,89)(H,74,90)(H,75,91)(H,76,92)(H,77,93)(H,78,94)(H,79,95)(H,80,96)(H,97,98)(H,99,100)(H,101,102)(H,103,104)(H,105,106)(H,107,108)(H,109,110)(H,111,112). The maximum atomic E-state index is 13.2. The van der Waals surface area contributed by atoms with Gasteiger partial charge in [-0.15, -0.1) is 0 Å². The first kappa shape index (κ1) is 90.7. The van der Waals surface area contributed by atoms with Gasteiger partial charge >= 0.3 is 47.8 Å². The summed E-state index contributed by atoms with van der Waals surface area (Å²) in [7, 11) is 0. The Kier molecular flexibility index (Phi) is 39.3. The summed E-state index contributed by atoms with van der Waals surface area (Å²) >= 11 is 0. The number of hydrogen-bond donors (Lipinski definition) is 16. The monoisotopic (exact) mass is 1570 g/mol. The fraction of sp³-hybridized carbons (Fsp3) is 0.444. The highest BCUT2D eigenvalue weighted by atomic mass is 16.4. The fourth-order valence-corrected chi connectivity index (χ4v) is 11.2. The summed E-state index contributed by atoms with van der Waals surface area (Å²) in [4.78, 5) is 210. The zero-order chi connectivity index (χ0) is 82.1. The molecular formula is C72H96N16O24. The summed E-state index contributed by atoms with van der Waals surface area (Å²) in [6, 6.07) is 26.5. The second-order valence-electron chi connectivity index (χ2n) is 26.3. The van der Waals surface area contributed by atoms with Crippen molar-refractivity contribution in [2.45, 2.75) is 52.4 Å². The number of nitrogens with one attached hydrogen (secondary N) is 8. The lowest BCUT2D eigenvalue weighted by atomic mass is 10.1. The topological polar surface area (TPSA) is 557 Å². The van der Waals surface area contributed by atoms with E-state index < -0.39 is 200 Å². The van der Waals surface area contributed by atoms with Crippen LogP contribution in [0.3, 0.4) is 0 Å². The van der Waals surface area contributed by atoms with Gasteiger partial charge < -0.3 is 83.4 Å². The average Bonchev–Trinajstić information content (AvgIpc) is 0.916. The molecule has 8 amide bonds. The minimum Gasteiger partial charge on any atom is -0.480 e. The molecule has 7 heterocycles. The number of rotatable bonds is 16. The van der Waals surface area contributed by atoms with E-state index in [1.54, 1.807) is 97.1 Å². The van der Waals surface area contributed by atoms with Gasteiger partial charge in [-0.1, -0.05) is 97.1 Å². The Hall–Kier alpha value is -11.9. The van der Waals surface area contributed by atoms with Gasteiger partial charge in [-0.3, -0.25) is 116 Å². The third-order valence-corrected chi connectivity index (χ3v) is 16.7. The molecule has 4 aromatic rings. The molecule has 16 N–H and O–H groups in total. The Bertz CT molecular complexity index is 3140. The lowest BCUT2D eigenvalue weighted by Gasteiger charge is -2.25. The summed E-state index contributed by atoms with van der Waals surface area (Å²) in [5.41, 5.74) is 4.86. The molecule has 0 saturated heterocycles. The SMILES string of the molecule is O=C(O)CN1CCN(CC(=O)O)CC(=O)NCc2ccc(cc2)CNC(=O)CN(CC(=O)O)CCN(CC(=O)O)CC(=O)NCc2ccc(cc2)CNC(=O)CN(CC(=O)O)CCN(CC(=O)O)CC(=O)NCc2ccc(cc2)CNC(=O)CN(CC(=O)O)CCN(CC(=O)O)CC(=O)NCc2ccc(cc2)CNC(=O)C1. The average molecular weight is 1570 g/mol.